The number of hydrogen-bond acceptors (Lipinski definition) is 1. The molecule has 1 rings (SSSR count). The van der Waals surface area contributed by atoms with Gasteiger partial charge in [0.05, 0.1) is 0 Å². The van der Waals surface area contributed by atoms with Crippen LogP contribution in [0.1, 0.15) is 13.8 Å². The summed E-state index contributed by atoms with van der Waals surface area (Å²) in [6.07, 6.45) is 8.08. The molecule has 1 nitrogen and oxygen atoms in total. The highest BCUT2D eigenvalue weighted by atomic mass is 14.5. The zero-order valence-electron chi connectivity index (χ0n) is 6.46. The summed E-state index contributed by atoms with van der Waals surface area (Å²) in [6, 6.07) is 0. The van der Waals surface area contributed by atoms with Gasteiger partial charge in [-0.15, -0.1) is 0 Å². The van der Waals surface area contributed by atoms with Crippen LogP contribution in [0.5, 0.6) is 0 Å². The molecule has 0 radical (unpaired) electrons. The molecule has 54 valence electrons. The molecule has 0 aliphatic heterocycles. The van der Waals surface area contributed by atoms with E-state index in [0.29, 0.717) is 5.92 Å². The molecule has 1 atom stereocenters. The highest BCUT2D eigenvalue weighted by Gasteiger charge is 2.00. The Labute approximate surface area is 61.9 Å². The van der Waals surface area contributed by atoms with E-state index < -0.39 is 0 Å². The highest BCUT2D eigenvalue weighted by Crippen LogP contribution is 2.14. The third-order valence-electron chi connectivity index (χ3n) is 1.83. The first-order valence-electron chi connectivity index (χ1n) is 3.52. The minimum atomic E-state index is 0.525. The SMILES string of the molecule is CC1=CC=C(N)C=CC1C. The lowest BCUT2D eigenvalue weighted by molar-refractivity contribution is 0.865. The second-order valence-electron chi connectivity index (χ2n) is 2.73. The Morgan fingerprint density at radius 1 is 1.40 bits per heavy atom. The van der Waals surface area contributed by atoms with Crippen LogP contribution in [0.25, 0.3) is 0 Å². The number of nitrogens with two attached hydrogens (primary N) is 1. The van der Waals surface area contributed by atoms with Gasteiger partial charge in [0, 0.05) is 5.70 Å². The monoisotopic (exact) mass is 135 g/mol. The second-order valence-corrected chi connectivity index (χ2v) is 2.73. The number of allylic oxidation sites excluding steroid dienone is 5. The number of rotatable bonds is 0. The smallest absolute Gasteiger partial charge is 0.0310 e. The summed E-state index contributed by atoms with van der Waals surface area (Å²) in [4.78, 5) is 0. The fourth-order valence-electron chi connectivity index (χ4n) is 0.842. The van der Waals surface area contributed by atoms with Crippen molar-refractivity contribution in [3.63, 3.8) is 0 Å². The molecule has 0 bridgehead atoms. The number of hydrogen-bond donors (Lipinski definition) is 1. The van der Waals surface area contributed by atoms with Gasteiger partial charge in [-0.3, -0.25) is 0 Å². The lowest BCUT2D eigenvalue weighted by atomic mass is 10.0. The molecule has 1 aliphatic carbocycles. The molecular weight excluding hydrogens is 122 g/mol. The van der Waals surface area contributed by atoms with Crippen LogP contribution >= 0.6 is 0 Å². The van der Waals surface area contributed by atoms with E-state index in [9.17, 15) is 0 Å². The molecule has 2 N–H and O–H groups in total. The third kappa shape index (κ3) is 1.50. The van der Waals surface area contributed by atoms with Crippen molar-refractivity contribution in [2.45, 2.75) is 13.8 Å². The Morgan fingerprint density at radius 3 is 2.80 bits per heavy atom. The molecule has 0 saturated heterocycles. The molecule has 1 unspecified atom stereocenters. The molecule has 0 spiro atoms. The van der Waals surface area contributed by atoms with E-state index in [2.05, 4.69) is 26.0 Å². The molecular formula is C9H13N. The second kappa shape index (κ2) is 2.74. The largest absolute Gasteiger partial charge is 0.399 e. The van der Waals surface area contributed by atoms with Gasteiger partial charge >= 0.3 is 0 Å². The van der Waals surface area contributed by atoms with Crippen molar-refractivity contribution in [3.8, 4) is 0 Å². The van der Waals surface area contributed by atoms with Crippen LogP contribution in [0.2, 0.25) is 0 Å². The van der Waals surface area contributed by atoms with Crippen LogP contribution in [0.4, 0.5) is 0 Å². The zero-order valence-corrected chi connectivity index (χ0v) is 6.46. The molecule has 1 heteroatoms. The first-order chi connectivity index (χ1) is 4.70. The van der Waals surface area contributed by atoms with E-state index in [1.54, 1.807) is 0 Å². The van der Waals surface area contributed by atoms with Crippen molar-refractivity contribution in [2.75, 3.05) is 0 Å². The van der Waals surface area contributed by atoms with E-state index in [0.717, 1.165) is 5.70 Å². The van der Waals surface area contributed by atoms with Crippen LogP contribution in [0, 0.1) is 5.92 Å². The van der Waals surface area contributed by atoms with Crippen molar-refractivity contribution in [1.82, 2.24) is 0 Å². The zero-order chi connectivity index (χ0) is 7.56. The van der Waals surface area contributed by atoms with Crippen LogP contribution in [0.15, 0.2) is 35.6 Å². The summed E-state index contributed by atoms with van der Waals surface area (Å²) < 4.78 is 0. The first-order valence-corrected chi connectivity index (χ1v) is 3.52. The maximum Gasteiger partial charge on any atom is 0.0310 e. The summed E-state index contributed by atoms with van der Waals surface area (Å²) in [5.41, 5.74) is 7.78. The summed E-state index contributed by atoms with van der Waals surface area (Å²) in [5, 5.41) is 0. The molecule has 0 saturated carbocycles. The minimum absolute atomic E-state index is 0.525. The van der Waals surface area contributed by atoms with E-state index in [-0.39, 0.29) is 0 Å². The third-order valence-corrected chi connectivity index (χ3v) is 1.83. The van der Waals surface area contributed by atoms with Crippen molar-refractivity contribution in [3.05, 3.63) is 35.6 Å². The van der Waals surface area contributed by atoms with Gasteiger partial charge in [-0.05, 0) is 25.0 Å². The fourth-order valence-corrected chi connectivity index (χ4v) is 0.842. The Morgan fingerprint density at radius 2 is 2.10 bits per heavy atom. The van der Waals surface area contributed by atoms with E-state index in [4.69, 9.17) is 5.73 Å². The molecule has 0 aromatic rings. The molecule has 0 amide bonds. The van der Waals surface area contributed by atoms with Gasteiger partial charge in [0.25, 0.3) is 0 Å². The standard InChI is InChI=1S/C9H13N/c1-7-3-5-9(10)6-4-8(7)2/h3-7H,10H2,1-2H3. The molecule has 0 aromatic carbocycles. The van der Waals surface area contributed by atoms with Gasteiger partial charge in [-0.25, -0.2) is 0 Å². The summed E-state index contributed by atoms with van der Waals surface area (Å²) >= 11 is 0. The van der Waals surface area contributed by atoms with Gasteiger partial charge in [0.1, 0.15) is 0 Å². The fraction of sp³-hybridized carbons (Fsp3) is 0.333. The predicted molar refractivity (Wildman–Crippen MR) is 44.3 cm³/mol. The quantitative estimate of drug-likeness (QED) is 0.540. The maximum absolute atomic E-state index is 5.59. The van der Waals surface area contributed by atoms with Crippen molar-refractivity contribution in [2.24, 2.45) is 11.7 Å². The molecule has 10 heavy (non-hydrogen) atoms. The van der Waals surface area contributed by atoms with Crippen LogP contribution in [-0.2, 0) is 0 Å². The molecule has 1 aliphatic rings. The van der Waals surface area contributed by atoms with Gasteiger partial charge in [-0.1, -0.05) is 24.6 Å². The average Bonchev–Trinajstić information content (AvgIpc) is 2.04. The summed E-state index contributed by atoms with van der Waals surface area (Å²) in [5.74, 6) is 0.525. The Hall–Kier alpha value is -0.980. The normalized spacial score (nSPS) is 25.2. The molecule has 0 heterocycles. The van der Waals surface area contributed by atoms with E-state index >= 15 is 0 Å². The van der Waals surface area contributed by atoms with Gasteiger partial charge in [0.15, 0.2) is 0 Å². The summed E-state index contributed by atoms with van der Waals surface area (Å²) in [6.45, 7) is 4.28. The Kier molecular flexibility index (Phi) is 1.95. The summed E-state index contributed by atoms with van der Waals surface area (Å²) in [7, 11) is 0. The Bertz CT molecular complexity index is 209. The lowest BCUT2D eigenvalue weighted by Gasteiger charge is -2.02. The van der Waals surface area contributed by atoms with Crippen molar-refractivity contribution >= 4 is 0 Å². The van der Waals surface area contributed by atoms with Gasteiger partial charge in [-0.2, -0.15) is 0 Å². The van der Waals surface area contributed by atoms with Crippen molar-refractivity contribution in [1.29, 1.82) is 0 Å². The lowest BCUT2D eigenvalue weighted by Crippen LogP contribution is -1.91. The van der Waals surface area contributed by atoms with Gasteiger partial charge in [0.2, 0.25) is 0 Å². The molecule has 0 fully saturated rings. The topological polar surface area (TPSA) is 26.0 Å². The first kappa shape index (κ1) is 7.13. The highest BCUT2D eigenvalue weighted by molar-refractivity contribution is 5.29. The van der Waals surface area contributed by atoms with E-state index in [1.165, 1.54) is 5.57 Å². The van der Waals surface area contributed by atoms with Crippen molar-refractivity contribution < 1.29 is 0 Å². The van der Waals surface area contributed by atoms with Crippen LogP contribution < -0.4 is 5.73 Å². The van der Waals surface area contributed by atoms with Gasteiger partial charge < -0.3 is 5.73 Å². The minimum Gasteiger partial charge on any atom is -0.399 e. The maximum atomic E-state index is 5.59. The van der Waals surface area contributed by atoms with Crippen LogP contribution in [0.3, 0.4) is 0 Å². The van der Waals surface area contributed by atoms with E-state index in [1.807, 2.05) is 12.2 Å². The van der Waals surface area contributed by atoms with Crippen LogP contribution in [-0.4, -0.2) is 0 Å². The predicted octanol–water partition coefficient (Wildman–Crippen LogP) is 1.98. The Balaban J connectivity index is 2.88. The molecule has 0 aromatic heterocycles. The average molecular weight is 135 g/mol.